The predicted molar refractivity (Wildman–Crippen MR) is 327 cm³/mol. The highest BCUT2D eigenvalue weighted by Crippen LogP contribution is 2.69. The summed E-state index contributed by atoms with van der Waals surface area (Å²) in [6.07, 6.45) is 14.7. The van der Waals surface area contributed by atoms with Gasteiger partial charge in [-0.2, -0.15) is 0 Å². The standard InChI is InChI=1S/C71H91N5O9/c1-69(22-8-9-23-69)75-39-53-63(49(15-17-62(83)84)67-66-64-52(48-21-29-74-68(48)65(53)66)35-47(77)36-54(64)76-71(67)24-6-3-7-25-71)46-19-27-70(60(82)33-46)26-18-44(51-38-57(80)58(85-2)32-43(51)14-16-59(70)81)31-55(78)56(79)37-50(45-20-28-73-61(72)34-45)42-13-12-40-10-4-5-11-41(40)30-42/h4-5,10-13,20-21,29-30,32,34,38,44,46,49-50,52-56,60,62-67,73-76,78-80,82-84H,3,6-9,14-17,19,22-25,27-28,31,33,35-37,39,72H2,1-2H3. The fraction of sp³-hybridized carbons (Fsp3) is 0.606. The van der Waals surface area contributed by atoms with Crippen molar-refractivity contribution in [3.8, 4) is 23.3 Å². The summed E-state index contributed by atoms with van der Waals surface area (Å²) in [5.41, 5.74) is 10.5. The number of phenols is 1. The Hall–Kier alpha value is -5.50. The Kier molecular flexibility index (Phi) is 16.2. The van der Waals surface area contributed by atoms with Crippen LogP contribution >= 0.6 is 0 Å². The van der Waals surface area contributed by atoms with Gasteiger partial charge in [-0.25, -0.2) is 0 Å². The summed E-state index contributed by atoms with van der Waals surface area (Å²) in [6, 6.07) is 20.1. The third-order valence-corrected chi connectivity index (χ3v) is 23.5. The van der Waals surface area contributed by atoms with Gasteiger partial charge in [-0.05, 0) is 201 Å². The summed E-state index contributed by atoms with van der Waals surface area (Å²) < 4.78 is 5.63. The molecule has 454 valence electrons. The van der Waals surface area contributed by atoms with Crippen molar-refractivity contribution in [2.45, 2.75) is 201 Å². The molecule has 0 radical (unpaired) electrons. The number of methoxy groups -OCH3 is 1. The number of aromatic hydroxyl groups is 1. The summed E-state index contributed by atoms with van der Waals surface area (Å²) in [7, 11) is 1.49. The number of Topliss-reactive ketones (excluding diaryl/α,β-unsaturated/α-hetero) is 2. The largest absolute Gasteiger partial charge is 0.504 e. The number of fused-ring (bicyclic) bond motifs is 6. The van der Waals surface area contributed by atoms with Gasteiger partial charge in [-0.3, -0.25) is 9.59 Å². The number of hydrogen-bond donors (Lipinski definition) is 11. The number of ketones is 2. The number of aliphatic hydroxyl groups excluding tert-OH is 4. The smallest absolute Gasteiger partial charge is 0.160 e. The lowest BCUT2D eigenvalue weighted by molar-refractivity contribution is -0.164. The van der Waals surface area contributed by atoms with E-state index in [4.69, 9.17) is 10.5 Å². The number of rotatable bonds is 15. The van der Waals surface area contributed by atoms with Crippen molar-refractivity contribution in [2.75, 3.05) is 20.2 Å². The fourth-order valence-corrected chi connectivity index (χ4v) is 19.7. The van der Waals surface area contributed by atoms with Gasteiger partial charge in [0.15, 0.2) is 23.6 Å². The van der Waals surface area contributed by atoms with Gasteiger partial charge in [0.1, 0.15) is 11.2 Å². The van der Waals surface area contributed by atoms with Crippen LogP contribution < -0.4 is 26.4 Å². The van der Waals surface area contributed by atoms with E-state index in [0.29, 0.717) is 62.2 Å². The van der Waals surface area contributed by atoms with E-state index in [2.05, 4.69) is 88.4 Å². The molecular weight excluding hydrogens is 1070 g/mol. The Balaban J connectivity index is 0.861. The summed E-state index contributed by atoms with van der Waals surface area (Å²) in [4.78, 5) is 33.1. The molecule has 9 aliphatic rings. The number of aromatic amines is 1. The minimum Gasteiger partial charge on any atom is -0.504 e. The molecule has 0 amide bonds. The monoisotopic (exact) mass is 1160 g/mol. The zero-order valence-electron chi connectivity index (χ0n) is 49.8. The van der Waals surface area contributed by atoms with Crippen LogP contribution in [-0.4, -0.2) is 109 Å². The average Bonchev–Trinajstić information content (AvgIpc) is 1.81. The number of nitrogens with one attached hydrogen (secondary N) is 4. The normalized spacial score (nSPS) is 33.8. The highest BCUT2D eigenvalue weighted by molar-refractivity contribution is 5.89. The Morgan fingerprint density at radius 2 is 1.65 bits per heavy atom. The van der Waals surface area contributed by atoms with E-state index >= 15 is 4.79 Å². The molecule has 7 aliphatic carbocycles. The minimum absolute atomic E-state index is 0.00958. The number of phenolic OH excluding ortho intramolecular Hbond substituents is 1. The Bertz CT molecular complexity index is 3270. The Morgan fingerprint density at radius 1 is 0.859 bits per heavy atom. The van der Waals surface area contributed by atoms with E-state index in [1.165, 1.54) is 31.2 Å². The fourth-order valence-electron chi connectivity index (χ4n) is 19.7. The lowest BCUT2D eigenvalue weighted by atomic mass is 9.39. The van der Waals surface area contributed by atoms with Crippen molar-refractivity contribution >= 4 is 22.3 Å². The van der Waals surface area contributed by atoms with Gasteiger partial charge in [-0.1, -0.05) is 92.5 Å². The molecule has 16 unspecified atom stereocenters. The molecule has 1 aromatic heterocycles. The number of piperidine rings is 1. The number of aryl methyl sites for hydroxylation is 1. The van der Waals surface area contributed by atoms with Gasteiger partial charge in [0.2, 0.25) is 0 Å². The second-order valence-electron chi connectivity index (χ2n) is 28.1. The predicted octanol–water partition coefficient (Wildman–Crippen LogP) is 8.89. The highest BCUT2D eigenvalue weighted by Gasteiger charge is 2.68. The van der Waals surface area contributed by atoms with Crippen molar-refractivity contribution < 1.29 is 45.0 Å². The molecule has 5 saturated carbocycles. The van der Waals surface area contributed by atoms with Gasteiger partial charge in [-0.15, -0.1) is 0 Å². The van der Waals surface area contributed by atoms with Crippen molar-refractivity contribution in [1.29, 1.82) is 0 Å². The highest BCUT2D eigenvalue weighted by atomic mass is 16.5. The van der Waals surface area contributed by atoms with Crippen LogP contribution in [0.4, 0.5) is 0 Å². The molecule has 3 aromatic carbocycles. The molecule has 14 nitrogen and oxygen atoms in total. The quantitative estimate of drug-likeness (QED) is 0.0394. The molecule has 0 bridgehead atoms. The van der Waals surface area contributed by atoms with Crippen LogP contribution in [0.5, 0.6) is 11.5 Å². The van der Waals surface area contributed by atoms with Gasteiger partial charge in [0, 0.05) is 72.6 Å². The molecule has 3 heterocycles. The van der Waals surface area contributed by atoms with E-state index in [1.807, 2.05) is 18.2 Å². The van der Waals surface area contributed by atoms with Gasteiger partial charge in [0.05, 0.1) is 31.2 Å². The number of nitrogens with two attached hydrogens (primary N) is 1. The van der Waals surface area contributed by atoms with Gasteiger partial charge >= 0.3 is 0 Å². The summed E-state index contributed by atoms with van der Waals surface area (Å²) in [5, 5.41) is 84.9. The van der Waals surface area contributed by atoms with Crippen molar-refractivity contribution in [3.63, 3.8) is 0 Å². The summed E-state index contributed by atoms with van der Waals surface area (Å²) in [5.74, 6) is 7.99. The first-order chi connectivity index (χ1) is 41.1. The SMILES string of the molecule is COc1cc2c(cc1O)C(CC(O)C(O)CC(C1=CCNC(N)=C1)c1ccc3ccccc3c1)C#CC1(CCC(C3C(CNC4(C)CCCC4)C4c5[nH]ccc5C5CC(=O)CC6NC7(CCCCC7)C(C3CCC(O)O)C4C65)CC1O)C(=O)CC2. The third kappa shape index (κ3) is 10.8. The number of aliphatic hydroxyl groups is 5. The molecule has 2 spiro atoms. The van der Waals surface area contributed by atoms with Crippen LogP contribution in [0.3, 0.4) is 0 Å². The summed E-state index contributed by atoms with van der Waals surface area (Å²) in [6.45, 7) is 3.68. The molecule has 13 rings (SSSR count). The molecule has 12 N–H and O–H groups in total. The molecule has 1 saturated heterocycles. The van der Waals surface area contributed by atoms with E-state index in [1.54, 1.807) is 12.1 Å². The molecule has 6 fully saturated rings. The van der Waals surface area contributed by atoms with E-state index in [-0.39, 0.29) is 126 Å². The lowest BCUT2D eigenvalue weighted by Crippen LogP contribution is -2.74. The van der Waals surface area contributed by atoms with E-state index in [9.17, 15) is 35.4 Å². The number of allylic oxidation sites excluding steroid dienone is 2. The molecular formula is C71H91N5O9. The third-order valence-electron chi connectivity index (χ3n) is 23.5. The maximum absolute atomic E-state index is 15.4. The van der Waals surface area contributed by atoms with Gasteiger partial charge < -0.3 is 62.0 Å². The minimum atomic E-state index is -1.47. The van der Waals surface area contributed by atoms with Crippen LogP contribution in [0, 0.1) is 58.7 Å². The number of carbonyl (C=O) groups excluding carboxylic acids is 2. The van der Waals surface area contributed by atoms with Crippen LogP contribution in [0.25, 0.3) is 10.8 Å². The maximum atomic E-state index is 15.4. The van der Waals surface area contributed by atoms with E-state index < -0.39 is 35.9 Å². The van der Waals surface area contributed by atoms with Crippen LogP contribution in [-0.2, 0) is 16.0 Å². The van der Waals surface area contributed by atoms with Crippen molar-refractivity contribution in [1.82, 2.24) is 20.9 Å². The summed E-state index contributed by atoms with van der Waals surface area (Å²) >= 11 is 0. The first kappa shape index (κ1) is 58.5. The van der Waals surface area contributed by atoms with Crippen molar-refractivity contribution in [2.24, 2.45) is 52.6 Å². The lowest BCUT2D eigenvalue weighted by Gasteiger charge is -2.69. The number of ether oxygens (including phenoxy) is 1. The zero-order chi connectivity index (χ0) is 58.9. The second-order valence-corrected chi connectivity index (χ2v) is 28.1. The van der Waals surface area contributed by atoms with Crippen molar-refractivity contribution in [3.05, 3.63) is 118 Å². The Labute approximate surface area is 501 Å². The zero-order valence-corrected chi connectivity index (χ0v) is 49.8. The van der Waals surface area contributed by atoms with Crippen LogP contribution in [0.2, 0.25) is 0 Å². The molecule has 2 aliphatic heterocycles. The van der Waals surface area contributed by atoms with Crippen LogP contribution in [0.1, 0.15) is 181 Å². The number of hydrogen-bond acceptors (Lipinski definition) is 13. The second kappa shape index (κ2) is 23.5. The number of dihydropyridines is 1. The maximum Gasteiger partial charge on any atom is 0.160 e. The number of benzene rings is 3. The van der Waals surface area contributed by atoms with Crippen LogP contribution in [0.15, 0.2) is 90.4 Å². The van der Waals surface area contributed by atoms with Gasteiger partial charge in [0.25, 0.3) is 0 Å². The topological polar surface area (TPSA) is 243 Å². The number of aromatic nitrogens is 1. The Morgan fingerprint density at radius 3 is 2.41 bits per heavy atom. The average molecular weight is 1160 g/mol. The first-order valence-electron chi connectivity index (χ1n) is 32.5. The molecule has 85 heavy (non-hydrogen) atoms. The molecule has 16 atom stereocenters. The number of H-pyrrole nitrogens is 1. The number of carbonyl (C=O) groups is 2. The molecule has 4 aromatic rings. The van der Waals surface area contributed by atoms with E-state index in [0.717, 1.165) is 79.0 Å². The first-order valence-corrected chi connectivity index (χ1v) is 32.5. The molecule has 14 heteroatoms.